The molecule has 0 unspecified atom stereocenters. The van der Waals surface area contributed by atoms with Gasteiger partial charge >= 0.3 is 7.12 Å². The highest BCUT2D eigenvalue weighted by molar-refractivity contribution is 6.62. The minimum atomic E-state index is -0.322. The van der Waals surface area contributed by atoms with Crippen LogP contribution in [-0.4, -0.2) is 60.5 Å². The molecule has 136 valence electrons. The third-order valence-electron chi connectivity index (χ3n) is 6.23. The zero-order valence-electron chi connectivity index (χ0n) is 16.0. The quantitative estimate of drug-likeness (QED) is 0.784. The summed E-state index contributed by atoms with van der Waals surface area (Å²) in [5.74, 6) is 0.885. The first-order valence-electron chi connectivity index (χ1n) is 9.31. The number of rotatable bonds is 3. The second-order valence-electron chi connectivity index (χ2n) is 8.81. The second-order valence-corrected chi connectivity index (χ2v) is 8.81. The average Bonchev–Trinajstić information content (AvgIpc) is 3.25. The summed E-state index contributed by atoms with van der Waals surface area (Å²) in [7, 11) is 1.87. The lowest BCUT2D eigenvalue weighted by molar-refractivity contribution is -0.137. The maximum absolute atomic E-state index is 6.21. The van der Waals surface area contributed by atoms with Gasteiger partial charge in [-0.3, -0.25) is 0 Å². The van der Waals surface area contributed by atoms with Gasteiger partial charge in [-0.1, -0.05) is 12.1 Å². The molecule has 1 aliphatic carbocycles. The van der Waals surface area contributed by atoms with Crippen LogP contribution in [0.2, 0.25) is 0 Å². The number of hydrogen-bond donors (Lipinski definition) is 0. The van der Waals surface area contributed by atoms with Gasteiger partial charge in [0.2, 0.25) is 0 Å². The molecule has 25 heavy (non-hydrogen) atoms. The topological polar surface area (TPSA) is 34.2 Å². The van der Waals surface area contributed by atoms with Gasteiger partial charge in [-0.15, -0.1) is 5.06 Å². The van der Waals surface area contributed by atoms with Crippen LogP contribution in [0, 0.1) is 0 Å². The van der Waals surface area contributed by atoms with Gasteiger partial charge in [0, 0.05) is 19.6 Å². The Balaban J connectivity index is 1.43. The first kappa shape index (κ1) is 17.3. The van der Waals surface area contributed by atoms with Crippen molar-refractivity contribution in [3.05, 3.63) is 24.3 Å². The van der Waals surface area contributed by atoms with Crippen LogP contribution in [0.25, 0.3) is 0 Å². The SMILES string of the molecule is CN1CCN(Oc2ccc(B3OC(C)(C)C(C)(C)O3)cc2)C2(CC2)C1. The van der Waals surface area contributed by atoms with Gasteiger partial charge in [0.25, 0.3) is 0 Å². The van der Waals surface area contributed by atoms with Crippen LogP contribution in [0.15, 0.2) is 24.3 Å². The molecule has 1 aromatic carbocycles. The fourth-order valence-corrected chi connectivity index (χ4v) is 3.65. The van der Waals surface area contributed by atoms with Crippen molar-refractivity contribution in [1.82, 2.24) is 9.96 Å². The third kappa shape index (κ3) is 3.10. The number of hydrogen-bond acceptors (Lipinski definition) is 5. The van der Waals surface area contributed by atoms with E-state index < -0.39 is 0 Å². The molecule has 1 saturated carbocycles. The summed E-state index contributed by atoms with van der Waals surface area (Å²) in [5.41, 5.74) is 0.637. The maximum Gasteiger partial charge on any atom is 0.494 e. The Bertz CT molecular complexity index is 627. The molecule has 2 saturated heterocycles. The molecule has 0 aromatic heterocycles. The fourth-order valence-electron chi connectivity index (χ4n) is 3.65. The minimum Gasteiger partial charge on any atom is -0.405 e. The molecule has 0 N–H and O–H groups in total. The lowest BCUT2D eigenvalue weighted by Gasteiger charge is -2.39. The molecule has 3 fully saturated rings. The number of nitrogens with zero attached hydrogens (tertiary/aromatic N) is 2. The average molecular weight is 344 g/mol. The molecule has 0 radical (unpaired) electrons. The van der Waals surface area contributed by atoms with Gasteiger partial charge in [-0.2, -0.15) is 0 Å². The monoisotopic (exact) mass is 344 g/mol. The van der Waals surface area contributed by atoms with E-state index >= 15 is 0 Å². The van der Waals surface area contributed by atoms with Crippen LogP contribution >= 0.6 is 0 Å². The summed E-state index contributed by atoms with van der Waals surface area (Å²) >= 11 is 0. The summed E-state index contributed by atoms with van der Waals surface area (Å²) in [4.78, 5) is 8.60. The van der Waals surface area contributed by atoms with Gasteiger partial charge in [0.15, 0.2) is 0 Å². The highest BCUT2D eigenvalue weighted by Gasteiger charge is 2.53. The van der Waals surface area contributed by atoms with Gasteiger partial charge in [-0.05, 0) is 65.2 Å². The lowest BCUT2D eigenvalue weighted by Crippen LogP contribution is -2.54. The van der Waals surface area contributed by atoms with Crippen LogP contribution in [-0.2, 0) is 9.31 Å². The van der Waals surface area contributed by atoms with E-state index in [4.69, 9.17) is 14.1 Å². The Morgan fingerprint density at radius 2 is 1.56 bits per heavy atom. The summed E-state index contributed by atoms with van der Waals surface area (Å²) in [6, 6.07) is 8.14. The maximum atomic E-state index is 6.21. The van der Waals surface area contributed by atoms with Crippen molar-refractivity contribution in [2.24, 2.45) is 0 Å². The van der Waals surface area contributed by atoms with Crippen LogP contribution in [0.5, 0.6) is 5.75 Å². The van der Waals surface area contributed by atoms with Crippen molar-refractivity contribution in [3.63, 3.8) is 0 Å². The Labute approximate surface area is 151 Å². The molecule has 1 spiro atoms. The molecule has 4 rings (SSSR count). The number of piperazine rings is 1. The number of hydroxylamine groups is 2. The summed E-state index contributed by atoms with van der Waals surface area (Å²) in [6.45, 7) is 11.4. The highest BCUT2D eigenvalue weighted by atomic mass is 16.7. The van der Waals surface area contributed by atoms with Gasteiger partial charge in [-0.25, -0.2) is 0 Å². The van der Waals surface area contributed by atoms with Gasteiger partial charge in [0.05, 0.1) is 16.7 Å². The first-order chi connectivity index (χ1) is 11.7. The fraction of sp³-hybridized carbons (Fsp3) is 0.684. The zero-order valence-corrected chi connectivity index (χ0v) is 16.0. The molecule has 6 heteroatoms. The Morgan fingerprint density at radius 1 is 0.960 bits per heavy atom. The van der Waals surface area contributed by atoms with E-state index in [0.717, 1.165) is 30.8 Å². The normalized spacial score (nSPS) is 27.6. The van der Waals surface area contributed by atoms with Crippen LogP contribution in [0.1, 0.15) is 40.5 Å². The van der Waals surface area contributed by atoms with Crippen molar-refractivity contribution in [1.29, 1.82) is 0 Å². The Morgan fingerprint density at radius 3 is 2.12 bits per heavy atom. The van der Waals surface area contributed by atoms with Crippen molar-refractivity contribution < 1.29 is 14.1 Å². The molecule has 3 aliphatic rings. The summed E-state index contributed by atoms with van der Waals surface area (Å²) in [6.07, 6.45) is 2.45. The van der Waals surface area contributed by atoms with Gasteiger partial charge < -0.3 is 19.0 Å². The zero-order chi connectivity index (χ0) is 17.9. The van der Waals surface area contributed by atoms with Crippen LogP contribution < -0.4 is 10.3 Å². The van der Waals surface area contributed by atoms with Crippen molar-refractivity contribution >= 4 is 12.6 Å². The second kappa shape index (κ2) is 5.71. The van der Waals surface area contributed by atoms with E-state index in [9.17, 15) is 0 Å². The van der Waals surface area contributed by atoms with E-state index in [1.54, 1.807) is 0 Å². The predicted molar refractivity (Wildman–Crippen MR) is 99.0 cm³/mol. The first-order valence-corrected chi connectivity index (χ1v) is 9.31. The van der Waals surface area contributed by atoms with Crippen LogP contribution in [0.4, 0.5) is 0 Å². The summed E-state index contributed by atoms with van der Waals surface area (Å²) < 4.78 is 12.2. The van der Waals surface area contributed by atoms with E-state index in [0.29, 0.717) is 0 Å². The molecular formula is C19H29BN2O3. The molecule has 2 heterocycles. The highest BCUT2D eigenvalue weighted by Crippen LogP contribution is 2.44. The van der Waals surface area contributed by atoms with Crippen molar-refractivity contribution in [2.75, 3.05) is 26.7 Å². The van der Waals surface area contributed by atoms with E-state index in [1.165, 1.54) is 12.8 Å². The van der Waals surface area contributed by atoms with Crippen molar-refractivity contribution in [2.45, 2.75) is 57.3 Å². The molecule has 0 bridgehead atoms. The largest absolute Gasteiger partial charge is 0.494 e. The molecule has 5 nitrogen and oxygen atoms in total. The molecule has 0 amide bonds. The van der Waals surface area contributed by atoms with E-state index in [-0.39, 0.29) is 23.9 Å². The Hall–Kier alpha value is -1.08. The number of likely N-dealkylation sites (N-methyl/N-ethyl adjacent to an activating group) is 1. The van der Waals surface area contributed by atoms with Crippen LogP contribution in [0.3, 0.4) is 0 Å². The Kier molecular flexibility index (Phi) is 3.96. The predicted octanol–water partition coefficient (Wildman–Crippen LogP) is 2.06. The minimum absolute atomic E-state index is 0.234. The third-order valence-corrected chi connectivity index (χ3v) is 6.23. The standard InChI is InChI=1S/C19H29BN2O3/c1-17(2)18(3,4)25-20(24-17)15-6-8-16(9-7-15)23-22-13-12-21(5)14-19(22)10-11-19/h6-9H,10-14H2,1-5H3. The van der Waals surface area contributed by atoms with E-state index in [2.05, 4.69) is 44.7 Å². The molecule has 1 aromatic rings. The van der Waals surface area contributed by atoms with Gasteiger partial charge in [0.1, 0.15) is 5.75 Å². The molecular weight excluding hydrogens is 315 g/mol. The summed E-state index contributed by atoms with van der Waals surface area (Å²) in [5, 5.41) is 2.19. The van der Waals surface area contributed by atoms with E-state index in [1.807, 2.05) is 24.3 Å². The molecule has 0 atom stereocenters. The number of benzene rings is 1. The molecule has 2 aliphatic heterocycles. The smallest absolute Gasteiger partial charge is 0.405 e. The van der Waals surface area contributed by atoms with Crippen molar-refractivity contribution in [3.8, 4) is 5.75 Å². The lowest BCUT2D eigenvalue weighted by atomic mass is 9.79.